The Labute approximate surface area is 125 Å². The van der Waals surface area contributed by atoms with Gasteiger partial charge in [0, 0.05) is 35.6 Å². The summed E-state index contributed by atoms with van der Waals surface area (Å²) in [4.78, 5) is 14.5. The molecule has 21 heavy (non-hydrogen) atoms. The van der Waals surface area contributed by atoms with E-state index in [9.17, 15) is 4.79 Å². The number of aryl methyl sites for hydroxylation is 1. The molecule has 0 saturated carbocycles. The van der Waals surface area contributed by atoms with Crippen LogP contribution in [0.4, 0.5) is 11.5 Å². The standard InChI is InChI=1S/C16H22N4O/c1-5-20(6-2)14-9-7-13(8-10-14)16(21)17-15-11(3)12(4)18-19-15/h7-10H,5-6H2,1-4H3,(H2,17,18,19,21). The van der Waals surface area contributed by atoms with Crippen LogP contribution in [-0.4, -0.2) is 29.2 Å². The first-order chi connectivity index (χ1) is 10.1. The minimum absolute atomic E-state index is 0.143. The second-order valence-corrected chi connectivity index (χ2v) is 5.00. The number of anilines is 2. The fourth-order valence-electron chi connectivity index (χ4n) is 2.20. The predicted octanol–water partition coefficient (Wildman–Crippen LogP) is 3.13. The van der Waals surface area contributed by atoms with Gasteiger partial charge in [-0.1, -0.05) is 0 Å². The Kier molecular flexibility index (Phi) is 4.62. The number of carbonyl (C=O) groups excluding carboxylic acids is 1. The van der Waals surface area contributed by atoms with E-state index in [2.05, 4.69) is 34.3 Å². The molecule has 1 aromatic carbocycles. The first-order valence-corrected chi connectivity index (χ1v) is 7.24. The molecular formula is C16H22N4O. The Morgan fingerprint density at radius 2 is 1.81 bits per heavy atom. The lowest BCUT2D eigenvalue weighted by Crippen LogP contribution is -2.21. The van der Waals surface area contributed by atoms with Crippen LogP contribution < -0.4 is 10.2 Å². The zero-order chi connectivity index (χ0) is 15.4. The van der Waals surface area contributed by atoms with Crippen molar-refractivity contribution in [3.63, 3.8) is 0 Å². The zero-order valence-electron chi connectivity index (χ0n) is 13.0. The third kappa shape index (κ3) is 3.24. The molecule has 0 radical (unpaired) electrons. The molecule has 112 valence electrons. The third-order valence-electron chi connectivity index (χ3n) is 3.74. The van der Waals surface area contributed by atoms with Crippen LogP contribution in [0.15, 0.2) is 24.3 Å². The first-order valence-electron chi connectivity index (χ1n) is 7.24. The number of rotatable bonds is 5. The Balaban J connectivity index is 2.11. The van der Waals surface area contributed by atoms with Gasteiger partial charge in [-0.05, 0) is 52.0 Å². The number of amides is 1. The minimum atomic E-state index is -0.143. The van der Waals surface area contributed by atoms with Crippen LogP contribution in [0.2, 0.25) is 0 Å². The fraction of sp³-hybridized carbons (Fsp3) is 0.375. The van der Waals surface area contributed by atoms with Crippen LogP contribution in [0.3, 0.4) is 0 Å². The minimum Gasteiger partial charge on any atom is -0.372 e. The van der Waals surface area contributed by atoms with Crippen molar-refractivity contribution in [1.82, 2.24) is 10.2 Å². The van der Waals surface area contributed by atoms with Crippen molar-refractivity contribution < 1.29 is 4.79 Å². The van der Waals surface area contributed by atoms with Gasteiger partial charge in [-0.2, -0.15) is 5.10 Å². The Morgan fingerprint density at radius 1 is 1.19 bits per heavy atom. The van der Waals surface area contributed by atoms with Gasteiger partial charge in [-0.25, -0.2) is 0 Å². The number of hydrogen-bond donors (Lipinski definition) is 2. The van der Waals surface area contributed by atoms with Crippen molar-refractivity contribution in [3.8, 4) is 0 Å². The van der Waals surface area contributed by atoms with Gasteiger partial charge < -0.3 is 10.2 Å². The van der Waals surface area contributed by atoms with Crippen LogP contribution in [0.1, 0.15) is 35.5 Å². The highest BCUT2D eigenvalue weighted by Gasteiger charge is 2.11. The molecule has 1 heterocycles. The molecule has 5 nitrogen and oxygen atoms in total. The molecule has 0 bridgehead atoms. The van der Waals surface area contributed by atoms with Crippen molar-refractivity contribution in [2.45, 2.75) is 27.7 Å². The van der Waals surface area contributed by atoms with Crippen LogP contribution in [0.5, 0.6) is 0 Å². The van der Waals surface area contributed by atoms with E-state index in [4.69, 9.17) is 0 Å². The van der Waals surface area contributed by atoms with Crippen molar-refractivity contribution in [2.75, 3.05) is 23.3 Å². The van der Waals surface area contributed by atoms with Gasteiger partial charge in [0.15, 0.2) is 5.82 Å². The van der Waals surface area contributed by atoms with E-state index in [0.29, 0.717) is 11.4 Å². The quantitative estimate of drug-likeness (QED) is 0.887. The number of benzene rings is 1. The van der Waals surface area contributed by atoms with Gasteiger partial charge in [0.1, 0.15) is 0 Å². The number of nitrogens with one attached hydrogen (secondary N) is 2. The summed E-state index contributed by atoms with van der Waals surface area (Å²) in [5.41, 5.74) is 3.68. The molecule has 2 N–H and O–H groups in total. The van der Waals surface area contributed by atoms with E-state index in [-0.39, 0.29) is 5.91 Å². The maximum atomic E-state index is 12.2. The van der Waals surface area contributed by atoms with Crippen molar-refractivity contribution in [3.05, 3.63) is 41.1 Å². The van der Waals surface area contributed by atoms with E-state index < -0.39 is 0 Å². The molecule has 0 aliphatic carbocycles. The third-order valence-corrected chi connectivity index (χ3v) is 3.74. The summed E-state index contributed by atoms with van der Waals surface area (Å²) < 4.78 is 0. The number of carbonyl (C=O) groups is 1. The lowest BCUT2D eigenvalue weighted by molar-refractivity contribution is 0.102. The summed E-state index contributed by atoms with van der Waals surface area (Å²) in [5.74, 6) is 0.445. The topological polar surface area (TPSA) is 61.0 Å². The molecular weight excluding hydrogens is 264 g/mol. The maximum Gasteiger partial charge on any atom is 0.256 e. The molecule has 1 amide bonds. The van der Waals surface area contributed by atoms with Crippen LogP contribution >= 0.6 is 0 Å². The predicted molar refractivity (Wildman–Crippen MR) is 86.0 cm³/mol. The highest BCUT2D eigenvalue weighted by Crippen LogP contribution is 2.17. The van der Waals surface area contributed by atoms with E-state index >= 15 is 0 Å². The van der Waals surface area contributed by atoms with Gasteiger partial charge in [-0.3, -0.25) is 9.89 Å². The summed E-state index contributed by atoms with van der Waals surface area (Å²) in [6.45, 7) is 10.00. The average Bonchev–Trinajstić information content (AvgIpc) is 2.81. The Bertz CT molecular complexity index is 612. The normalized spacial score (nSPS) is 10.5. The van der Waals surface area contributed by atoms with E-state index in [1.807, 2.05) is 38.1 Å². The van der Waals surface area contributed by atoms with Gasteiger partial charge in [0.05, 0.1) is 0 Å². The van der Waals surface area contributed by atoms with Gasteiger partial charge in [0.25, 0.3) is 5.91 Å². The smallest absolute Gasteiger partial charge is 0.256 e. The maximum absolute atomic E-state index is 12.2. The van der Waals surface area contributed by atoms with Gasteiger partial charge in [-0.15, -0.1) is 0 Å². The molecule has 0 spiro atoms. The highest BCUT2D eigenvalue weighted by molar-refractivity contribution is 6.04. The summed E-state index contributed by atoms with van der Waals surface area (Å²) in [5, 5.41) is 9.78. The first kappa shape index (κ1) is 15.1. The molecule has 0 fully saturated rings. The zero-order valence-corrected chi connectivity index (χ0v) is 13.0. The molecule has 1 aromatic heterocycles. The summed E-state index contributed by atoms with van der Waals surface area (Å²) in [6, 6.07) is 7.64. The number of aromatic amines is 1. The van der Waals surface area contributed by atoms with E-state index in [0.717, 1.165) is 30.0 Å². The number of hydrogen-bond acceptors (Lipinski definition) is 3. The van der Waals surface area contributed by atoms with Crippen LogP contribution in [0, 0.1) is 13.8 Å². The van der Waals surface area contributed by atoms with E-state index in [1.165, 1.54) is 0 Å². The molecule has 0 saturated heterocycles. The van der Waals surface area contributed by atoms with Crippen molar-refractivity contribution >= 4 is 17.4 Å². The van der Waals surface area contributed by atoms with Crippen LogP contribution in [0.25, 0.3) is 0 Å². The lowest BCUT2D eigenvalue weighted by atomic mass is 10.1. The fourth-order valence-corrected chi connectivity index (χ4v) is 2.20. The second-order valence-electron chi connectivity index (χ2n) is 5.00. The van der Waals surface area contributed by atoms with Gasteiger partial charge in [0.2, 0.25) is 0 Å². The molecule has 5 heteroatoms. The molecule has 2 rings (SSSR count). The average molecular weight is 286 g/mol. The molecule has 0 unspecified atom stereocenters. The number of aromatic nitrogens is 2. The van der Waals surface area contributed by atoms with E-state index in [1.54, 1.807) is 0 Å². The van der Waals surface area contributed by atoms with Crippen molar-refractivity contribution in [2.24, 2.45) is 0 Å². The van der Waals surface area contributed by atoms with Crippen molar-refractivity contribution in [1.29, 1.82) is 0 Å². The monoisotopic (exact) mass is 286 g/mol. The molecule has 0 aliphatic heterocycles. The highest BCUT2D eigenvalue weighted by atomic mass is 16.1. The number of H-pyrrole nitrogens is 1. The van der Waals surface area contributed by atoms with Crippen LogP contribution in [-0.2, 0) is 0 Å². The number of nitrogens with zero attached hydrogens (tertiary/aromatic N) is 2. The molecule has 0 atom stereocenters. The summed E-state index contributed by atoms with van der Waals surface area (Å²) in [6.07, 6.45) is 0. The summed E-state index contributed by atoms with van der Waals surface area (Å²) >= 11 is 0. The summed E-state index contributed by atoms with van der Waals surface area (Å²) in [7, 11) is 0. The molecule has 0 aliphatic rings. The SMILES string of the molecule is CCN(CC)c1ccc(C(=O)Nc2n[nH]c(C)c2C)cc1. The Morgan fingerprint density at radius 3 is 2.29 bits per heavy atom. The lowest BCUT2D eigenvalue weighted by Gasteiger charge is -2.21. The second kappa shape index (κ2) is 6.43. The largest absolute Gasteiger partial charge is 0.372 e. The van der Waals surface area contributed by atoms with Gasteiger partial charge >= 0.3 is 0 Å². The molecule has 2 aromatic rings. The Hall–Kier alpha value is -2.30.